The molecule has 0 aliphatic carbocycles. The number of carbonyl (C=O) groups is 1. The van der Waals surface area contributed by atoms with Gasteiger partial charge in [-0.2, -0.15) is 0 Å². The van der Waals surface area contributed by atoms with Gasteiger partial charge in [0, 0.05) is 18.0 Å². The Morgan fingerprint density at radius 3 is 2.65 bits per heavy atom. The van der Waals surface area contributed by atoms with Crippen LogP contribution in [0.1, 0.15) is 54.6 Å². The van der Waals surface area contributed by atoms with E-state index in [-0.39, 0.29) is 18.6 Å². The Labute approximate surface area is 121 Å². The van der Waals surface area contributed by atoms with E-state index in [2.05, 4.69) is 31.0 Å². The van der Waals surface area contributed by atoms with Crippen molar-refractivity contribution >= 4 is 5.91 Å². The highest BCUT2D eigenvalue weighted by Crippen LogP contribution is 2.12. The first-order valence-electron chi connectivity index (χ1n) is 7.13. The van der Waals surface area contributed by atoms with Crippen molar-refractivity contribution in [3.05, 3.63) is 34.9 Å². The van der Waals surface area contributed by atoms with E-state index in [1.165, 1.54) is 0 Å². The summed E-state index contributed by atoms with van der Waals surface area (Å²) in [5.74, 6) is 5.75. The zero-order valence-electron chi connectivity index (χ0n) is 12.5. The van der Waals surface area contributed by atoms with E-state index >= 15 is 0 Å². The van der Waals surface area contributed by atoms with E-state index in [9.17, 15) is 4.79 Å². The lowest BCUT2D eigenvalue weighted by Gasteiger charge is -2.15. The molecule has 0 radical (unpaired) electrons. The van der Waals surface area contributed by atoms with Crippen molar-refractivity contribution in [1.82, 2.24) is 5.32 Å². The van der Waals surface area contributed by atoms with E-state index in [4.69, 9.17) is 5.11 Å². The fraction of sp³-hybridized carbons (Fsp3) is 0.471. The second-order valence-electron chi connectivity index (χ2n) is 4.81. The third-order valence-electron chi connectivity index (χ3n) is 3.20. The Hall–Kier alpha value is -1.79. The fourth-order valence-corrected chi connectivity index (χ4v) is 1.92. The summed E-state index contributed by atoms with van der Waals surface area (Å²) in [6, 6.07) is 5.86. The largest absolute Gasteiger partial charge is 0.395 e. The number of hydrogen-bond donors (Lipinski definition) is 2. The molecule has 3 nitrogen and oxygen atoms in total. The minimum atomic E-state index is -0.0734. The highest BCUT2D eigenvalue weighted by Gasteiger charge is 2.13. The number of hydrogen-bond acceptors (Lipinski definition) is 2. The van der Waals surface area contributed by atoms with Crippen molar-refractivity contribution in [3.63, 3.8) is 0 Å². The molecule has 1 aromatic rings. The highest BCUT2D eigenvalue weighted by atomic mass is 16.2. The first kappa shape index (κ1) is 16.3. The molecule has 1 rings (SSSR count). The highest BCUT2D eigenvalue weighted by molar-refractivity contribution is 5.97. The van der Waals surface area contributed by atoms with E-state index in [0.717, 1.165) is 18.4 Å². The van der Waals surface area contributed by atoms with Gasteiger partial charge in [-0.3, -0.25) is 4.79 Å². The number of carbonyl (C=O) groups excluding carboxylic acids is 1. The summed E-state index contributed by atoms with van der Waals surface area (Å²) < 4.78 is 0. The Bertz CT molecular complexity index is 507. The lowest BCUT2D eigenvalue weighted by molar-refractivity contribution is 0.0934. The summed E-state index contributed by atoms with van der Waals surface area (Å²) in [4.78, 5) is 12.4. The monoisotopic (exact) mass is 273 g/mol. The molecule has 0 aromatic heterocycles. The van der Waals surface area contributed by atoms with Crippen LogP contribution in [-0.4, -0.2) is 23.7 Å². The second-order valence-corrected chi connectivity index (χ2v) is 4.81. The molecule has 20 heavy (non-hydrogen) atoms. The average Bonchev–Trinajstić information content (AvgIpc) is 2.46. The summed E-state index contributed by atoms with van der Waals surface area (Å²) in [7, 11) is 0. The average molecular weight is 273 g/mol. The molecule has 0 spiro atoms. The quantitative estimate of drug-likeness (QED) is 0.810. The summed E-state index contributed by atoms with van der Waals surface area (Å²) in [5, 5.41) is 11.8. The maximum atomic E-state index is 12.4. The molecule has 0 fully saturated rings. The zero-order chi connectivity index (χ0) is 15.0. The number of nitrogens with one attached hydrogen (secondary N) is 1. The normalized spacial score (nSPS) is 10.1. The van der Waals surface area contributed by atoms with Crippen molar-refractivity contribution in [1.29, 1.82) is 0 Å². The van der Waals surface area contributed by atoms with Crippen LogP contribution in [-0.2, 0) is 0 Å². The van der Waals surface area contributed by atoms with Crippen LogP contribution in [0.3, 0.4) is 0 Å². The minimum absolute atomic E-state index is 0.0358. The van der Waals surface area contributed by atoms with Crippen molar-refractivity contribution in [2.24, 2.45) is 0 Å². The van der Waals surface area contributed by atoms with Crippen LogP contribution in [0.15, 0.2) is 18.2 Å². The summed E-state index contributed by atoms with van der Waals surface area (Å²) in [6.07, 6.45) is 2.25. The number of aliphatic hydroxyl groups is 1. The van der Waals surface area contributed by atoms with Crippen molar-refractivity contribution < 1.29 is 9.90 Å². The van der Waals surface area contributed by atoms with Crippen LogP contribution in [0, 0.1) is 18.8 Å². The van der Waals surface area contributed by atoms with Crippen molar-refractivity contribution in [3.8, 4) is 11.8 Å². The topological polar surface area (TPSA) is 49.3 Å². The van der Waals surface area contributed by atoms with Gasteiger partial charge in [-0.15, -0.1) is 0 Å². The predicted molar refractivity (Wildman–Crippen MR) is 81.6 cm³/mol. The van der Waals surface area contributed by atoms with Gasteiger partial charge in [0.1, 0.15) is 0 Å². The molecule has 1 aromatic carbocycles. The van der Waals surface area contributed by atoms with Crippen LogP contribution in [0.4, 0.5) is 0 Å². The van der Waals surface area contributed by atoms with Gasteiger partial charge in [0.25, 0.3) is 5.91 Å². The molecule has 3 heteroatoms. The van der Waals surface area contributed by atoms with E-state index in [1.54, 1.807) is 0 Å². The molecule has 0 heterocycles. The minimum Gasteiger partial charge on any atom is -0.395 e. The van der Waals surface area contributed by atoms with E-state index in [1.807, 2.05) is 25.1 Å². The van der Waals surface area contributed by atoms with E-state index < -0.39 is 0 Å². The van der Waals surface area contributed by atoms with Gasteiger partial charge < -0.3 is 10.4 Å². The van der Waals surface area contributed by atoms with E-state index in [0.29, 0.717) is 17.5 Å². The van der Waals surface area contributed by atoms with Gasteiger partial charge in [-0.25, -0.2) is 0 Å². The molecule has 0 aliphatic rings. The van der Waals surface area contributed by atoms with Gasteiger partial charge in [0.15, 0.2) is 0 Å². The van der Waals surface area contributed by atoms with Gasteiger partial charge in [-0.1, -0.05) is 37.3 Å². The van der Waals surface area contributed by atoms with Crippen LogP contribution in [0.2, 0.25) is 0 Å². The lowest BCUT2D eigenvalue weighted by atomic mass is 10.0. The van der Waals surface area contributed by atoms with Crippen molar-refractivity contribution in [2.45, 2.75) is 46.1 Å². The van der Waals surface area contributed by atoms with Crippen LogP contribution < -0.4 is 5.32 Å². The summed E-state index contributed by atoms with van der Waals surface area (Å²) in [6.45, 7) is 6.12. The molecule has 108 valence electrons. The third-order valence-corrected chi connectivity index (χ3v) is 3.20. The first-order chi connectivity index (χ1) is 9.62. The molecule has 0 saturated heterocycles. The molecule has 0 bridgehead atoms. The number of aryl methyl sites for hydroxylation is 1. The summed E-state index contributed by atoms with van der Waals surface area (Å²) >= 11 is 0. The third kappa shape index (κ3) is 4.71. The standard InChI is InChI=1S/C17H23NO2/c1-4-15(5-2)18-17(20)16-12-13(3)9-10-14(16)8-6-7-11-19/h9-10,12,15,19H,4-5,7,11H2,1-3H3,(H,18,20). The Morgan fingerprint density at radius 2 is 2.05 bits per heavy atom. The second kappa shape index (κ2) is 8.39. The van der Waals surface area contributed by atoms with Gasteiger partial charge in [0.2, 0.25) is 0 Å². The smallest absolute Gasteiger partial charge is 0.252 e. The SMILES string of the molecule is CCC(CC)NC(=O)c1cc(C)ccc1C#CCCO. The molecule has 2 N–H and O–H groups in total. The maximum Gasteiger partial charge on any atom is 0.252 e. The molecule has 0 saturated carbocycles. The maximum absolute atomic E-state index is 12.4. The zero-order valence-corrected chi connectivity index (χ0v) is 12.5. The molecular formula is C17H23NO2. The fourth-order valence-electron chi connectivity index (χ4n) is 1.92. The molecule has 0 atom stereocenters. The van der Waals surface area contributed by atoms with Crippen LogP contribution >= 0.6 is 0 Å². The van der Waals surface area contributed by atoms with Gasteiger partial charge in [-0.05, 0) is 31.9 Å². The van der Waals surface area contributed by atoms with Gasteiger partial charge >= 0.3 is 0 Å². The molecule has 1 amide bonds. The Morgan fingerprint density at radius 1 is 1.35 bits per heavy atom. The number of rotatable bonds is 5. The first-order valence-corrected chi connectivity index (χ1v) is 7.13. The number of benzene rings is 1. The van der Waals surface area contributed by atoms with Gasteiger partial charge in [0.05, 0.1) is 12.2 Å². The molecule has 0 aliphatic heterocycles. The Kier molecular flexibility index (Phi) is 6.83. The molecular weight excluding hydrogens is 250 g/mol. The van der Waals surface area contributed by atoms with Crippen molar-refractivity contribution in [2.75, 3.05) is 6.61 Å². The number of aliphatic hydroxyl groups excluding tert-OH is 1. The lowest BCUT2D eigenvalue weighted by Crippen LogP contribution is -2.34. The predicted octanol–water partition coefficient (Wildman–Crippen LogP) is 2.65. The van der Waals surface area contributed by atoms with Crippen LogP contribution in [0.5, 0.6) is 0 Å². The van der Waals surface area contributed by atoms with Crippen LogP contribution in [0.25, 0.3) is 0 Å². The molecule has 0 unspecified atom stereocenters. The number of amides is 1. The summed E-state index contributed by atoms with van der Waals surface area (Å²) in [5.41, 5.74) is 2.36. The Balaban J connectivity index is 3.00.